The first-order chi connectivity index (χ1) is 9.95. The zero-order valence-corrected chi connectivity index (χ0v) is 14.3. The Morgan fingerprint density at radius 3 is 2.38 bits per heavy atom. The lowest BCUT2D eigenvalue weighted by Gasteiger charge is -2.36. The van der Waals surface area contributed by atoms with Crippen LogP contribution in [-0.2, 0) is 14.8 Å². The number of benzene rings is 1. The lowest BCUT2D eigenvalue weighted by atomic mass is 9.93. The quantitative estimate of drug-likeness (QED) is 0.778. The molecule has 1 aliphatic carbocycles. The third-order valence-electron chi connectivity index (χ3n) is 3.57. The second-order valence-corrected chi connectivity index (χ2v) is 7.78. The minimum absolute atomic E-state index is 0.113. The van der Waals surface area contributed by atoms with Crippen molar-refractivity contribution in [2.24, 2.45) is 0 Å². The van der Waals surface area contributed by atoms with Gasteiger partial charge in [0.1, 0.15) is 0 Å². The number of alkyl halides is 1. The molecule has 7 heteroatoms. The van der Waals surface area contributed by atoms with Crippen molar-refractivity contribution in [3.05, 3.63) is 24.3 Å². The summed E-state index contributed by atoms with van der Waals surface area (Å²) < 4.78 is 27.0. The average Bonchev–Trinajstić information content (AvgIpc) is 2.36. The Kier molecular flexibility index (Phi) is 5.40. The highest BCUT2D eigenvalue weighted by Crippen LogP contribution is 2.30. The first kappa shape index (κ1) is 16.5. The van der Waals surface area contributed by atoms with E-state index in [-0.39, 0.29) is 16.8 Å². The van der Waals surface area contributed by atoms with E-state index in [4.69, 9.17) is 0 Å². The van der Waals surface area contributed by atoms with Crippen LogP contribution in [0.2, 0.25) is 0 Å². The Morgan fingerprint density at radius 2 is 1.95 bits per heavy atom. The van der Waals surface area contributed by atoms with Gasteiger partial charge in [0.15, 0.2) is 0 Å². The molecule has 1 fully saturated rings. The SMILES string of the molecule is CC(=O)Nc1ccc(S(=O)(=O)N(CCBr)C2CCC2)cc1. The lowest BCUT2D eigenvalue weighted by molar-refractivity contribution is -0.114. The first-order valence-corrected chi connectivity index (χ1v) is 9.47. The lowest BCUT2D eigenvalue weighted by Crippen LogP contribution is -2.45. The van der Waals surface area contributed by atoms with Gasteiger partial charge in [0.2, 0.25) is 15.9 Å². The molecule has 0 atom stereocenters. The third kappa shape index (κ3) is 3.84. The van der Waals surface area contributed by atoms with Crippen molar-refractivity contribution in [2.75, 3.05) is 17.2 Å². The maximum atomic E-state index is 12.7. The van der Waals surface area contributed by atoms with Crippen molar-refractivity contribution < 1.29 is 13.2 Å². The van der Waals surface area contributed by atoms with Crippen molar-refractivity contribution >= 4 is 37.5 Å². The predicted molar refractivity (Wildman–Crippen MR) is 86.1 cm³/mol. The number of carbonyl (C=O) groups is 1. The van der Waals surface area contributed by atoms with E-state index in [0.29, 0.717) is 17.6 Å². The Hall–Kier alpha value is -0.920. The zero-order chi connectivity index (χ0) is 15.5. The van der Waals surface area contributed by atoms with Crippen molar-refractivity contribution in [1.82, 2.24) is 4.31 Å². The summed E-state index contributed by atoms with van der Waals surface area (Å²) in [5.41, 5.74) is 0.595. The van der Waals surface area contributed by atoms with Crippen molar-refractivity contribution in [1.29, 1.82) is 0 Å². The average molecular weight is 375 g/mol. The minimum Gasteiger partial charge on any atom is -0.326 e. The van der Waals surface area contributed by atoms with E-state index in [2.05, 4.69) is 21.2 Å². The maximum absolute atomic E-state index is 12.7. The number of amides is 1. The summed E-state index contributed by atoms with van der Waals surface area (Å²) in [6.07, 6.45) is 2.94. The number of nitrogens with zero attached hydrogens (tertiary/aromatic N) is 1. The molecule has 1 aromatic carbocycles. The number of carbonyl (C=O) groups excluding carboxylic acids is 1. The van der Waals surface area contributed by atoms with Gasteiger partial charge in [-0.2, -0.15) is 4.31 Å². The second-order valence-electron chi connectivity index (χ2n) is 5.10. The molecule has 0 spiro atoms. The summed E-state index contributed by atoms with van der Waals surface area (Å²) in [6.45, 7) is 1.89. The number of anilines is 1. The van der Waals surface area contributed by atoms with Gasteiger partial charge in [-0.1, -0.05) is 22.4 Å². The topological polar surface area (TPSA) is 66.5 Å². The van der Waals surface area contributed by atoms with Crippen LogP contribution in [0.25, 0.3) is 0 Å². The van der Waals surface area contributed by atoms with Crippen LogP contribution in [-0.4, -0.2) is 36.5 Å². The molecule has 1 saturated carbocycles. The number of halogens is 1. The molecular weight excluding hydrogens is 356 g/mol. The van der Waals surface area contributed by atoms with Gasteiger partial charge in [0, 0.05) is 30.5 Å². The Labute approximate surface area is 133 Å². The molecule has 0 aliphatic heterocycles. The standard InChI is InChI=1S/C14H19BrN2O3S/c1-11(18)16-12-5-7-14(8-6-12)21(19,20)17(10-9-15)13-3-2-4-13/h5-8,13H,2-4,9-10H2,1H3,(H,16,18). The molecule has 0 bridgehead atoms. The third-order valence-corrected chi connectivity index (χ3v) is 5.89. The van der Waals surface area contributed by atoms with Crippen LogP contribution < -0.4 is 5.32 Å². The molecule has 0 saturated heterocycles. The monoisotopic (exact) mass is 374 g/mol. The molecule has 1 N–H and O–H groups in total. The fraction of sp³-hybridized carbons (Fsp3) is 0.500. The molecule has 1 aromatic rings. The van der Waals surface area contributed by atoms with Gasteiger partial charge in [0.05, 0.1) is 4.90 Å². The van der Waals surface area contributed by atoms with E-state index in [1.807, 2.05) is 0 Å². The van der Waals surface area contributed by atoms with Gasteiger partial charge in [-0.3, -0.25) is 4.79 Å². The number of hydrogen-bond acceptors (Lipinski definition) is 3. The Bertz CT molecular complexity index is 597. The molecule has 0 heterocycles. The number of nitrogens with one attached hydrogen (secondary N) is 1. The number of rotatable bonds is 6. The molecule has 0 aromatic heterocycles. The molecule has 21 heavy (non-hydrogen) atoms. The highest BCUT2D eigenvalue weighted by molar-refractivity contribution is 9.09. The van der Waals surface area contributed by atoms with E-state index in [0.717, 1.165) is 19.3 Å². The zero-order valence-electron chi connectivity index (χ0n) is 11.9. The largest absolute Gasteiger partial charge is 0.326 e. The van der Waals surface area contributed by atoms with Gasteiger partial charge >= 0.3 is 0 Å². The van der Waals surface area contributed by atoms with Crippen molar-refractivity contribution in [2.45, 2.75) is 37.1 Å². The minimum atomic E-state index is -3.48. The molecule has 0 unspecified atom stereocenters. The summed E-state index contributed by atoms with van der Waals surface area (Å²) in [4.78, 5) is 11.2. The Morgan fingerprint density at radius 1 is 1.33 bits per heavy atom. The molecular formula is C14H19BrN2O3S. The molecule has 1 aliphatic rings. The highest BCUT2D eigenvalue weighted by atomic mass is 79.9. The van der Waals surface area contributed by atoms with Crippen molar-refractivity contribution in [3.8, 4) is 0 Å². The molecule has 116 valence electrons. The Balaban J connectivity index is 2.22. The van der Waals surface area contributed by atoms with Crippen LogP contribution in [0.1, 0.15) is 26.2 Å². The summed E-state index contributed by atoms with van der Waals surface area (Å²) >= 11 is 3.32. The van der Waals surface area contributed by atoms with E-state index < -0.39 is 10.0 Å². The normalized spacial score (nSPS) is 15.8. The smallest absolute Gasteiger partial charge is 0.243 e. The van der Waals surface area contributed by atoms with E-state index in [9.17, 15) is 13.2 Å². The van der Waals surface area contributed by atoms with E-state index in [1.165, 1.54) is 6.92 Å². The van der Waals surface area contributed by atoms with E-state index >= 15 is 0 Å². The molecule has 5 nitrogen and oxygen atoms in total. The van der Waals surface area contributed by atoms with E-state index in [1.54, 1.807) is 28.6 Å². The molecule has 0 radical (unpaired) electrons. The number of sulfonamides is 1. The van der Waals surface area contributed by atoms with Crippen LogP contribution in [0.5, 0.6) is 0 Å². The molecule has 2 rings (SSSR count). The van der Waals surface area contributed by atoms with Gasteiger partial charge in [-0.15, -0.1) is 0 Å². The second kappa shape index (κ2) is 6.89. The van der Waals surface area contributed by atoms with Crippen LogP contribution in [0.4, 0.5) is 5.69 Å². The van der Waals surface area contributed by atoms with Crippen LogP contribution in [0, 0.1) is 0 Å². The van der Waals surface area contributed by atoms with Gasteiger partial charge < -0.3 is 5.32 Å². The summed E-state index contributed by atoms with van der Waals surface area (Å²) in [5, 5.41) is 3.25. The van der Waals surface area contributed by atoms with Gasteiger partial charge in [0.25, 0.3) is 0 Å². The molecule has 1 amide bonds. The number of hydrogen-bond donors (Lipinski definition) is 1. The predicted octanol–water partition coefficient (Wildman–Crippen LogP) is 2.58. The van der Waals surface area contributed by atoms with Crippen LogP contribution >= 0.6 is 15.9 Å². The first-order valence-electron chi connectivity index (χ1n) is 6.90. The maximum Gasteiger partial charge on any atom is 0.243 e. The van der Waals surface area contributed by atoms with Gasteiger partial charge in [-0.05, 0) is 37.1 Å². The fourth-order valence-corrected chi connectivity index (χ4v) is 4.61. The summed E-state index contributed by atoms with van der Waals surface area (Å²) in [5.74, 6) is -0.180. The van der Waals surface area contributed by atoms with Crippen LogP contribution in [0.3, 0.4) is 0 Å². The van der Waals surface area contributed by atoms with Crippen LogP contribution in [0.15, 0.2) is 29.2 Å². The van der Waals surface area contributed by atoms with Gasteiger partial charge in [-0.25, -0.2) is 8.42 Å². The highest BCUT2D eigenvalue weighted by Gasteiger charge is 2.34. The van der Waals surface area contributed by atoms with Crippen molar-refractivity contribution in [3.63, 3.8) is 0 Å². The summed E-state index contributed by atoms with van der Waals surface area (Å²) in [7, 11) is -3.48. The summed E-state index contributed by atoms with van der Waals surface area (Å²) in [6, 6.07) is 6.42. The fourth-order valence-electron chi connectivity index (χ4n) is 2.31.